The number of aromatic nitrogens is 2. The molecule has 0 amide bonds. The molecule has 4 aromatic rings. The number of hydrogen-bond donors (Lipinski definition) is 2. The Morgan fingerprint density at radius 3 is 2.61 bits per heavy atom. The van der Waals surface area contributed by atoms with Crippen LogP contribution in [0.1, 0.15) is 35.9 Å². The number of nitrogens with one attached hydrogen (secondary N) is 2. The maximum absolute atomic E-state index is 6.58. The number of H-pyrrole nitrogens is 1. The minimum atomic E-state index is 0.444. The van der Waals surface area contributed by atoms with Gasteiger partial charge in [0.25, 0.3) is 0 Å². The summed E-state index contributed by atoms with van der Waals surface area (Å²) in [5.74, 6) is 2.29. The van der Waals surface area contributed by atoms with Crippen molar-refractivity contribution in [2.24, 2.45) is 0 Å². The Bertz CT molecular complexity index is 1150. The van der Waals surface area contributed by atoms with E-state index in [9.17, 15) is 0 Å². The Balaban J connectivity index is 1.31. The molecule has 4 rings (SSSR count). The van der Waals surface area contributed by atoms with Crippen LogP contribution in [0.3, 0.4) is 0 Å². The summed E-state index contributed by atoms with van der Waals surface area (Å²) >= 11 is 6.58. The minimum Gasteiger partial charge on any atom is -0.490 e. The standard InChI is InChI=1S/C27H30ClN3O2/c1-3-32-25-16-21(15-22(28)27(25)33-18-20-12-10-19(2)11-13-20)17-29-14-6-9-26-30-23-7-4-5-8-24(23)31-26/h4-5,7-8,10-13,15-16,29H,3,6,9,14,17-18H2,1-2H3,(H,30,31). The predicted molar refractivity (Wildman–Crippen MR) is 134 cm³/mol. The van der Waals surface area contributed by atoms with E-state index in [4.69, 9.17) is 21.1 Å². The van der Waals surface area contributed by atoms with Crippen molar-refractivity contribution in [2.45, 2.75) is 39.8 Å². The zero-order valence-corrected chi connectivity index (χ0v) is 19.9. The van der Waals surface area contributed by atoms with Gasteiger partial charge in [-0.2, -0.15) is 0 Å². The summed E-state index contributed by atoms with van der Waals surface area (Å²) in [6.45, 7) is 6.61. The van der Waals surface area contributed by atoms with Crippen LogP contribution < -0.4 is 14.8 Å². The molecule has 2 N–H and O–H groups in total. The number of aromatic amines is 1. The highest BCUT2D eigenvalue weighted by atomic mass is 35.5. The van der Waals surface area contributed by atoms with Crippen molar-refractivity contribution >= 4 is 22.6 Å². The molecule has 0 atom stereocenters. The first-order valence-corrected chi connectivity index (χ1v) is 11.8. The van der Waals surface area contributed by atoms with Crippen molar-refractivity contribution < 1.29 is 9.47 Å². The topological polar surface area (TPSA) is 59.2 Å². The molecular weight excluding hydrogens is 434 g/mol. The fraction of sp³-hybridized carbons (Fsp3) is 0.296. The smallest absolute Gasteiger partial charge is 0.180 e. The van der Waals surface area contributed by atoms with Crippen molar-refractivity contribution in [3.05, 3.63) is 88.2 Å². The van der Waals surface area contributed by atoms with Crippen LogP contribution in [0.25, 0.3) is 11.0 Å². The molecular formula is C27H30ClN3O2. The molecule has 33 heavy (non-hydrogen) atoms. The summed E-state index contributed by atoms with van der Waals surface area (Å²) in [5, 5.41) is 4.05. The number of fused-ring (bicyclic) bond motifs is 1. The fourth-order valence-electron chi connectivity index (χ4n) is 3.70. The molecule has 0 saturated carbocycles. The van der Waals surface area contributed by atoms with Gasteiger partial charge in [-0.3, -0.25) is 0 Å². The predicted octanol–water partition coefficient (Wildman–Crippen LogP) is 6.22. The molecule has 0 aliphatic rings. The van der Waals surface area contributed by atoms with Crippen molar-refractivity contribution in [3.8, 4) is 11.5 Å². The molecule has 3 aromatic carbocycles. The van der Waals surface area contributed by atoms with E-state index in [-0.39, 0.29) is 0 Å². The molecule has 1 aromatic heterocycles. The van der Waals surface area contributed by atoms with E-state index in [0.717, 1.165) is 47.4 Å². The summed E-state index contributed by atoms with van der Waals surface area (Å²) in [6, 6.07) is 20.3. The Morgan fingerprint density at radius 2 is 1.82 bits per heavy atom. The monoisotopic (exact) mass is 463 g/mol. The second-order valence-electron chi connectivity index (χ2n) is 8.09. The van der Waals surface area contributed by atoms with Gasteiger partial charge in [-0.15, -0.1) is 0 Å². The van der Waals surface area contributed by atoms with Gasteiger partial charge in [0.2, 0.25) is 0 Å². The maximum atomic E-state index is 6.58. The largest absolute Gasteiger partial charge is 0.490 e. The number of nitrogens with zero attached hydrogens (tertiary/aromatic N) is 1. The molecule has 0 saturated heterocycles. The van der Waals surface area contributed by atoms with Crippen LogP contribution in [0, 0.1) is 6.92 Å². The van der Waals surface area contributed by atoms with E-state index in [1.165, 1.54) is 5.56 Å². The van der Waals surface area contributed by atoms with Crippen LogP contribution in [0.2, 0.25) is 5.02 Å². The molecule has 0 radical (unpaired) electrons. The minimum absolute atomic E-state index is 0.444. The zero-order valence-electron chi connectivity index (χ0n) is 19.2. The van der Waals surface area contributed by atoms with Gasteiger partial charge in [0.1, 0.15) is 12.4 Å². The van der Waals surface area contributed by atoms with Gasteiger partial charge in [0, 0.05) is 13.0 Å². The molecule has 0 aliphatic carbocycles. The lowest BCUT2D eigenvalue weighted by Gasteiger charge is -2.16. The van der Waals surface area contributed by atoms with E-state index in [1.807, 2.05) is 37.3 Å². The molecule has 1 heterocycles. The van der Waals surface area contributed by atoms with E-state index >= 15 is 0 Å². The molecule has 0 fully saturated rings. The fourth-order valence-corrected chi connectivity index (χ4v) is 3.99. The third-order valence-corrected chi connectivity index (χ3v) is 5.69. The van der Waals surface area contributed by atoms with Crippen LogP contribution >= 0.6 is 11.6 Å². The SMILES string of the molecule is CCOc1cc(CNCCCc2nc3ccccc3[nH]2)cc(Cl)c1OCc1ccc(C)cc1. The van der Waals surface area contributed by atoms with Crippen molar-refractivity contribution in [1.82, 2.24) is 15.3 Å². The van der Waals surface area contributed by atoms with Gasteiger partial charge in [-0.05, 0) is 62.2 Å². The summed E-state index contributed by atoms with van der Waals surface area (Å²) in [7, 11) is 0. The van der Waals surface area contributed by atoms with Crippen LogP contribution in [0.5, 0.6) is 11.5 Å². The van der Waals surface area contributed by atoms with Crippen molar-refractivity contribution in [3.63, 3.8) is 0 Å². The Hall–Kier alpha value is -3.02. The average molecular weight is 464 g/mol. The Labute approximate surface area is 200 Å². The second-order valence-corrected chi connectivity index (χ2v) is 8.50. The number of imidazole rings is 1. The van der Waals surface area contributed by atoms with Gasteiger partial charge in [0.05, 0.1) is 22.7 Å². The number of rotatable bonds is 11. The first-order valence-electron chi connectivity index (χ1n) is 11.4. The normalized spacial score (nSPS) is 11.1. The second kappa shape index (κ2) is 11.2. The Morgan fingerprint density at radius 1 is 1.00 bits per heavy atom. The van der Waals surface area contributed by atoms with Crippen LogP contribution in [-0.2, 0) is 19.6 Å². The van der Waals surface area contributed by atoms with E-state index in [1.54, 1.807) is 0 Å². The lowest BCUT2D eigenvalue weighted by atomic mass is 10.1. The maximum Gasteiger partial charge on any atom is 0.180 e. The molecule has 5 nitrogen and oxygen atoms in total. The number of ether oxygens (including phenoxy) is 2. The molecule has 6 heteroatoms. The summed E-state index contributed by atoms with van der Waals surface area (Å²) in [5.41, 5.74) is 5.48. The number of hydrogen-bond acceptors (Lipinski definition) is 4. The molecule has 0 bridgehead atoms. The van der Waals surface area contributed by atoms with Gasteiger partial charge in [-0.1, -0.05) is 53.6 Å². The van der Waals surface area contributed by atoms with Gasteiger partial charge in [0.15, 0.2) is 11.5 Å². The van der Waals surface area contributed by atoms with Crippen LogP contribution in [-0.4, -0.2) is 23.1 Å². The third-order valence-electron chi connectivity index (χ3n) is 5.41. The van der Waals surface area contributed by atoms with E-state index in [0.29, 0.717) is 36.3 Å². The third kappa shape index (κ3) is 6.28. The summed E-state index contributed by atoms with van der Waals surface area (Å²) in [4.78, 5) is 8.01. The van der Waals surface area contributed by atoms with Crippen molar-refractivity contribution in [1.29, 1.82) is 0 Å². The summed E-state index contributed by atoms with van der Waals surface area (Å²) in [6.07, 6.45) is 1.89. The molecule has 172 valence electrons. The van der Waals surface area contributed by atoms with Gasteiger partial charge >= 0.3 is 0 Å². The lowest BCUT2D eigenvalue weighted by molar-refractivity contribution is 0.269. The molecule has 0 aliphatic heterocycles. The quantitative estimate of drug-likeness (QED) is 0.259. The van der Waals surface area contributed by atoms with Crippen molar-refractivity contribution in [2.75, 3.05) is 13.2 Å². The average Bonchev–Trinajstić information content (AvgIpc) is 3.22. The lowest BCUT2D eigenvalue weighted by Crippen LogP contribution is -2.15. The Kier molecular flexibility index (Phi) is 7.87. The van der Waals surface area contributed by atoms with Crippen LogP contribution in [0.4, 0.5) is 0 Å². The first kappa shape index (κ1) is 23.1. The highest BCUT2D eigenvalue weighted by molar-refractivity contribution is 6.32. The number of benzene rings is 3. The molecule has 0 spiro atoms. The zero-order chi connectivity index (χ0) is 23.0. The van der Waals surface area contributed by atoms with Crippen LogP contribution in [0.15, 0.2) is 60.7 Å². The first-order chi connectivity index (χ1) is 16.1. The highest BCUT2D eigenvalue weighted by Gasteiger charge is 2.13. The number of halogens is 1. The molecule has 0 unspecified atom stereocenters. The van der Waals surface area contributed by atoms with E-state index < -0.39 is 0 Å². The van der Waals surface area contributed by atoms with E-state index in [2.05, 4.69) is 52.5 Å². The highest BCUT2D eigenvalue weighted by Crippen LogP contribution is 2.37. The number of aryl methyl sites for hydroxylation is 2. The van der Waals surface area contributed by atoms with Gasteiger partial charge < -0.3 is 19.8 Å². The number of para-hydroxylation sites is 2. The summed E-state index contributed by atoms with van der Waals surface area (Å²) < 4.78 is 11.9. The van der Waals surface area contributed by atoms with Gasteiger partial charge in [-0.25, -0.2) is 4.98 Å².